The van der Waals surface area contributed by atoms with E-state index >= 15 is 0 Å². The van der Waals surface area contributed by atoms with E-state index in [1.54, 1.807) is 6.20 Å². The Morgan fingerprint density at radius 1 is 1.12 bits per heavy atom. The lowest BCUT2D eigenvalue weighted by Crippen LogP contribution is -2.55. The number of amides is 2. The van der Waals surface area contributed by atoms with E-state index < -0.39 is 35.9 Å². The molecule has 2 rings (SSSR count). The van der Waals surface area contributed by atoms with Gasteiger partial charge in [-0.3, -0.25) is 15.0 Å². The number of aromatic nitrogens is 1. The van der Waals surface area contributed by atoms with Gasteiger partial charge in [-0.2, -0.15) is 0 Å². The van der Waals surface area contributed by atoms with E-state index in [-0.39, 0.29) is 24.7 Å². The van der Waals surface area contributed by atoms with Gasteiger partial charge in [-0.25, -0.2) is 4.79 Å². The van der Waals surface area contributed by atoms with Crippen LogP contribution >= 0.6 is 0 Å². The van der Waals surface area contributed by atoms with Gasteiger partial charge in [-0.1, -0.05) is 32.0 Å². The van der Waals surface area contributed by atoms with Crippen LogP contribution in [0.3, 0.4) is 0 Å². The van der Waals surface area contributed by atoms with Gasteiger partial charge < -0.3 is 37.5 Å². The molecule has 2 aromatic rings. The van der Waals surface area contributed by atoms with Crippen molar-refractivity contribution in [3.05, 3.63) is 36.0 Å². The van der Waals surface area contributed by atoms with Gasteiger partial charge >= 0.3 is 5.97 Å². The fourth-order valence-electron chi connectivity index (χ4n) is 3.68. The first kappa shape index (κ1) is 26.7. The van der Waals surface area contributed by atoms with Crippen LogP contribution in [-0.2, 0) is 20.8 Å². The Bertz CT molecular complexity index is 1000. The molecule has 0 aliphatic heterocycles. The molecule has 186 valence electrons. The zero-order chi connectivity index (χ0) is 25.3. The summed E-state index contributed by atoms with van der Waals surface area (Å²) in [6.45, 7) is 4.20. The Kier molecular flexibility index (Phi) is 9.87. The molecule has 3 unspecified atom stereocenters. The Labute approximate surface area is 198 Å². The van der Waals surface area contributed by atoms with Crippen LogP contribution in [0.5, 0.6) is 0 Å². The Morgan fingerprint density at radius 2 is 1.79 bits per heavy atom. The molecule has 1 aromatic heterocycles. The predicted octanol–water partition coefficient (Wildman–Crippen LogP) is 0.401. The first-order valence-corrected chi connectivity index (χ1v) is 11.3. The minimum absolute atomic E-state index is 0.0739. The van der Waals surface area contributed by atoms with Crippen LogP contribution in [0.1, 0.15) is 38.7 Å². The van der Waals surface area contributed by atoms with Gasteiger partial charge in [0.1, 0.15) is 12.1 Å². The zero-order valence-corrected chi connectivity index (χ0v) is 19.6. The molecule has 0 aliphatic carbocycles. The fraction of sp³-hybridized carbons (Fsp3) is 0.478. The molecule has 0 aliphatic rings. The number of carboxylic acid groups (broad SMARTS) is 1. The highest BCUT2D eigenvalue weighted by molar-refractivity contribution is 5.92. The highest BCUT2D eigenvalue weighted by atomic mass is 16.4. The van der Waals surface area contributed by atoms with Crippen molar-refractivity contribution in [2.75, 3.05) is 6.54 Å². The van der Waals surface area contributed by atoms with Gasteiger partial charge in [0, 0.05) is 30.1 Å². The maximum Gasteiger partial charge on any atom is 0.326 e. The van der Waals surface area contributed by atoms with E-state index in [9.17, 15) is 19.5 Å². The first-order chi connectivity index (χ1) is 16.1. The zero-order valence-electron chi connectivity index (χ0n) is 19.6. The van der Waals surface area contributed by atoms with Crippen LogP contribution in [0.25, 0.3) is 10.9 Å². The van der Waals surface area contributed by atoms with Crippen molar-refractivity contribution >= 4 is 34.6 Å². The summed E-state index contributed by atoms with van der Waals surface area (Å²) in [7, 11) is 0. The van der Waals surface area contributed by atoms with Crippen LogP contribution in [0, 0.1) is 11.3 Å². The quantitative estimate of drug-likeness (QED) is 0.117. The Balaban J connectivity index is 2.11. The highest BCUT2D eigenvalue weighted by Gasteiger charge is 2.28. The number of fused-ring (bicyclic) bond motifs is 1. The molecule has 11 heteroatoms. The number of hydrogen-bond acceptors (Lipinski definition) is 5. The summed E-state index contributed by atoms with van der Waals surface area (Å²) in [4.78, 5) is 40.6. The van der Waals surface area contributed by atoms with Gasteiger partial charge in [0.05, 0.1) is 6.04 Å². The third kappa shape index (κ3) is 8.07. The van der Waals surface area contributed by atoms with Crippen LogP contribution in [0.4, 0.5) is 0 Å². The van der Waals surface area contributed by atoms with Crippen molar-refractivity contribution in [2.45, 2.75) is 57.7 Å². The number of aromatic amines is 1. The molecule has 0 bridgehead atoms. The number of nitrogens with two attached hydrogens (primary N) is 2. The van der Waals surface area contributed by atoms with Crippen LogP contribution in [0.15, 0.2) is 30.5 Å². The van der Waals surface area contributed by atoms with Crippen molar-refractivity contribution in [3.63, 3.8) is 0 Å². The maximum atomic E-state index is 13.0. The summed E-state index contributed by atoms with van der Waals surface area (Å²) in [5, 5.41) is 25.7. The predicted molar refractivity (Wildman–Crippen MR) is 130 cm³/mol. The lowest BCUT2D eigenvalue weighted by molar-refractivity contribution is -0.142. The average Bonchev–Trinajstić information content (AvgIpc) is 3.17. The molecular weight excluding hydrogens is 438 g/mol. The Morgan fingerprint density at radius 3 is 2.44 bits per heavy atom. The second-order valence-electron chi connectivity index (χ2n) is 8.74. The van der Waals surface area contributed by atoms with Gasteiger partial charge in [0.15, 0.2) is 5.96 Å². The molecule has 0 radical (unpaired) electrons. The second-order valence-corrected chi connectivity index (χ2v) is 8.74. The van der Waals surface area contributed by atoms with Gasteiger partial charge in [-0.15, -0.1) is 0 Å². The molecule has 11 nitrogen and oxygen atoms in total. The van der Waals surface area contributed by atoms with Crippen LogP contribution in [-0.4, -0.2) is 58.5 Å². The summed E-state index contributed by atoms with van der Waals surface area (Å²) >= 11 is 0. The molecule has 2 amide bonds. The normalized spacial score (nSPS) is 13.8. The number of guanidine groups is 1. The van der Waals surface area contributed by atoms with Crippen LogP contribution in [0.2, 0.25) is 0 Å². The van der Waals surface area contributed by atoms with E-state index in [1.807, 2.05) is 38.1 Å². The van der Waals surface area contributed by atoms with E-state index in [0.29, 0.717) is 19.4 Å². The Hall–Kier alpha value is -3.60. The number of carbonyl (C=O) groups is 3. The average molecular weight is 474 g/mol. The maximum absolute atomic E-state index is 13.0. The van der Waals surface area contributed by atoms with Crippen molar-refractivity contribution in [1.82, 2.24) is 20.9 Å². The van der Waals surface area contributed by atoms with Crippen molar-refractivity contribution in [1.29, 1.82) is 5.41 Å². The lowest BCUT2D eigenvalue weighted by Gasteiger charge is -2.23. The summed E-state index contributed by atoms with van der Waals surface area (Å²) in [6, 6.07) is 4.53. The summed E-state index contributed by atoms with van der Waals surface area (Å²) in [6.07, 6.45) is 2.88. The molecule has 0 fully saturated rings. The van der Waals surface area contributed by atoms with Gasteiger partial charge in [0.25, 0.3) is 0 Å². The number of para-hydroxylation sites is 1. The first-order valence-electron chi connectivity index (χ1n) is 11.3. The number of nitrogens with one attached hydrogen (secondary N) is 5. The summed E-state index contributed by atoms with van der Waals surface area (Å²) in [5.41, 5.74) is 12.9. The molecule has 0 spiro atoms. The minimum atomic E-state index is -1.19. The van der Waals surface area contributed by atoms with E-state index in [0.717, 1.165) is 16.5 Å². The van der Waals surface area contributed by atoms with Gasteiger partial charge in [-0.05, 0) is 36.8 Å². The fourth-order valence-corrected chi connectivity index (χ4v) is 3.68. The molecule has 3 atom stereocenters. The third-order valence-corrected chi connectivity index (χ3v) is 5.39. The molecule has 1 aromatic carbocycles. The van der Waals surface area contributed by atoms with E-state index in [2.05, 4.69) is 20.9 Å². The minimum Gasteiger partial charge on any atom is -0.480 e. The third-order valence-electron chi connectivity index (χ3n) is 5.39. The van der Waals surface area contributed by atoms with Crippen molar-refractivity contribution < 1.29 is 19.5 Å². The van der Waals surface area contributed by atoms with Crippen molar-refractivity contribution in [3.8, 4) is 0 Å². The van der Waals surface area contributed by atoms with Crippen LogP contribution < -0.4 is 27.4 Å². The topological polar surface area (TPSA) is 199 Å². The number of carbonyl (C=O) groups excluding carboxylic acids is 2. The second kappa shape index (κ2) is 12.6. The molecule has 1 heterocycles. The van der Waals surface area contributed by atoms with Gasteiger partial charge in [0.2, 0.25) is 11.8 Å². The number of benzene rings is 1. The number of carboxylic acids is 1. The molecule has 0 saturated carbocycles. The number of aliphatic carboxylic acids is 1. The van der Waals surface area contributed by atoms with Crippen molar-refractivity contribution in [2.24, 2.45) is 17.4 Å². The monoisotopic (exact) mass is 473 g/mol. The molecule has 10 N–H and O–H groups in total. The number of H-pyrrole nitrogens is 1. The van der Waals surface area contributed by atoms with E-state index in [4.69, 9.17) is 16.9 Å². The van der Waals surface area contributed by atoms with E-state index in [1.165, 1.54) is 0 Å². The summed E-state index contributed by atoms with van der Waals surface area (Å²) < 4.78 is 0. The SMILES string of the molecule is CC(C)CC(N)C(=O)NC(CCCNC(=N)N)C(=O)NC(Cc1c[nH]c2ccccc12)C(=O)O. The smallest absolute Gasteiger partial charge is 0.326 e. The standard InChI is InChI=1S/C23H35N7O4/c1-13(2)10-16(24)20(31)29-18(8-5-9-27-23(25)26)21(32)30-19(22(33)34)11-14-12-28-17-7-4-3-6-15(14)17/h3-4,6-7,12-13,16,18-19,28H,5,8-11,24H2,1-2H3,(H,29,31)(H,30,32)(H,33,34)(H4,25,26,27). The lowest BCUT2D eigenvalue weighted by atomic mass is 10.0. The number of rotatable bonds is 13. The largest absolute Gasteiger partial charge is 0.480 e. The summed E-state index contributed by atoms with van der Waals surface area (Å²) in [5.74, 6) is -2.27. The molecule has 34 heavy (non-hydrogen) atoms. The molecule has 0 saturated heterocycles. The molecular formula is C23H35N7O4. The number of hydrogen-bond donors (Lipinski definition) is 8. The highest BCUT2D eigenvalue weighted by Crippen LogP contribution is 2.19.